The highest BCUT2D eigenvalue weighted by molar-refractivity contribution is 7.99. The zero-order valence-corrected chi connectivity index (χ0v) is 10.3. The lowest BCUT2D eigenvalue weighted by Crippen LogP contribution is -2.01. The molecule has 0 saturated carbocycles. The second-order valence-corrected chi connectivity index (χ2v) is 4.77. The summed E-state index contributed by atoms with van der Waals surface area (Å²) >= 11 is 1.80. The lowest BCUT2D eigenvalue weighted by Gasteiger charge is -2.09. The number of hydrogen-bond acceptors (Lipinski definition) is 5. The maximum Gasteiger partial charge on any atom is 0.288 e. The summed E-state index contributed by atoms with van der Waals surface area (Å²) in [5.41, 5.74) is 1.48. The van der Waals surface area contributed by atoms with Crippen LogP contribution in [0.1, 0.15) is 5.69 Å². The van der Waals surface area contributed by atoms with Crippen molar-refractivity contribution in [3.8, 4) is 0 Å². The number of thioether (sulfide) groups is 1. The topological polar surface area (TPSA) is 37.8 Å². The first-order valence-corrected chi connectivity index (χ1v) is 6.51. The molecule has 0 aliphatic carbocycles. The normalized spacial score (nSPS) is 10.8. The summed E-state index contributed by atoms with van der Waals surface area (Å²) in [6.45, 7) is 0.483. The standard InChI is InChI=1S/C10H9F2N3S2/c11-10(12)17-9-4-2-1-3-8(9)13-5-7-6-16-15-14-7/h1-4,6,10,13H,5H2. The molecule has 17 heavy (non-hydrogen) atoms. The van der Waals surface area contributed by atoms with Crippen LogP contribution in [0.4, 0.5) is 14.5 Å². The van der Waals surface area contributed by atoms with E-state index >= 15 is 0 Å². The van der Waals surface area contributed by atoms with E-state index in [9.17, 15) is 8.78 Å². The third-order valence-electron chi connectivity index (χ3n) is 1.97. The van der Waals surface area contributed by atoms with Crippen molar-refractivity contribution in [3.63, 3.8) is 0 Å². The van der Waals surface area contributed by atoms with Gasteiger partial charge in [0, 0.05) is 16.0 Å². The minimum atomic E-state index is -2.42. The number of halogens is 2. The van der Waals surface area contributed by atoms with Gasteiger partial charge in [0.15, 0.2) is 0 Å². The first-order valence-electron chi connectivity index (χ1n) is 4.79. The fraction of sp³-hybridized carbons (Fsp3) is 0.200. The number of rotatable bonds is 5. The number of benzene rings is 1. The van der Waals surface area contributed by atoms with E-state index in [0.29, 0.717) is 28.9 Å². The van der Waals surface area contributed by atoms with Gasteiger partial charge in [-0.05, 0) is 23.7 Å². The number of alkyl halides is 2. The number of hydrogen-bond donors (Lipinski definition) is 1. The van der Waals surface area contributed by atoms with Gasteiger partial charge in [0.25, 0.3) is 5.76 Å². The van der Waals surface area contributed by atoms with E-state index < -0.39 is 5.76 Å². The van der Waals surface area contributed by atoms with Crippen LogP contribution in [0.15, 0.2) is 34.5 Å². The van der Waals surface area contributed by atoms with Crippen LogP contribution in [0.25, 0.3) is 0 Å². The Morgan fingerprint density at radius 3 is 2.88 bits per heavy atom. The highest BCUT2D eigenvalue weighted by Crippen LogP contribution is 2.31. The Morgan fingerprint density at radius 2 is 2.18 bits per heavy atom. The van der Waals surface area contributed by atoms with Crippen molar-refractivity contribution in [1.82, 2.24) is 9.59 Å². The van der Waals surface area contributed by atoms with Crippen LogP contribution in [-0.2, 0) is 6.54 Å². The first-order chi connectivity index (χ1) is 8.25. The summed E-state index contributed by atoms with van der Waals surface area (Å²) < 4.78 is 28.4. The molecule has 0 unspecified atom stereocenters. The SMILES string of the molecule is FC(F)Sc1ccccc1NCc1csnn1. The van der Waals surface area contributed by atoms with Crippen LogP contribution in [-0.4, -0.2) is 15.3 Å². The van der Waals surface area contributed by atoms with Crippen LogP contribution in [0.3, 0.4) is 0 Å². The number of nitrogens with one attached hydrogen (secondary N) is 1. The van der Waals surface area contributed by atoms with Crippen molar-refractivity contribution >= 4 is 29.0 Å². The molecule has 90 valence electrons. The second kappa shape index (κ2) is 5.92. The van der Waals surface area contributed by atoms with Gasteiger partial charge in [-0.15, -0.1) is 5.10 Å². The molecular formula is C10H9F2N3S2. The monoisotopic (exact) mass is 273 g/mol. The zero-order valence-electron chi connectivity index (χ0n) is 8.64. The molecule has 1 N–H and O–H groups in total. The number of nitrogens with zero attached hydrogens (tertiary/aromatic N) is 2. The van der Waals surface area contributed by atoms with Crippen molar-refractivity contribution in [2.75, 3.05) is 5.32 Å². The molecule has 0 atom stereocenters. The molecule has 1 aromatic heterocycles. The molecule has 0 radical (unpaired) electrons. The van der Waals surface area contributed by atoms with Gasteiger partial charge in [-0.2, -0.15) is 8.78 Å². The maximum atomic E-state index is 12.3. The number of para-hydroxylation sites is 1. The minimum Gasteiger partial charge on any atom is -0.378 e. The van der Waals surface area contributed by atoms with E-state index in [1.54, 1.807) is 24.3 Å². The summed E-state index contributed by atoms with van der Waals surface area (Å²) in [7, 11) is 0. The third kappa shape index (κ3) is 3.64. The van der Waals surface area contributed by atoms with E-state index in [1.807, 2.05) is 5.38 Å². The van der Waals surface area contributed by atoms with Crippen molar-refractivity contribution in [2.24, 2.45) is 0 Å². The summed E-state index contributed by atoms with van der Waals surface area (Å²) in [4.78, 5) is 0.533. The maximum absolute atomic E-state index is 12.3. The van der Waals surface area contributed by atoms with E-state index in [2.05, 4.69) is 14.9 Å². The highest BCUT2D eigenvalue weighted by atomic mass is 32.2. The summed E-state index contributed by atoms with van der Waals surface area (Å²) in [5, 5.41) is 8.76. The van der Waals surface area contributed by atoms with Crippen LogP contribution in [0.5, 0.6) is 0 Å². The van der Waals surface area contributed by atoms with E-state index in [0.717, 1.165) is 5.69 Å². The van der Waals surface area contributed by atoms with Gasteiger partial charge >= 0.3 is 0 Å². The second-order valence-electron chi connectivity index (χ2n) is 3.12. The van der Waals surface area contributed by atoms with Crippen molar-refractivity contribution in [1.29, 1.82) is 0 Å². The van der Waals surface area contributed by atoms with Crippen LogP contribution in [0, 0.1) is 0 Å². The summed E-state index contributed by atoms with van der Waals surface area (Å²) in [6.07, 6.45) is 0. The molecule has 2 aromatic rings. The Hall–Kier alpha value is -1.21. The van der Waals surface area contributed by atoms with Crippen molar-refractivity contribution in [3.05, 3.63) is 35.3 Å². The highest BCUT2D eigenvalue weighted by Gasteiger charge is 2.09. The van der Waals surface area contributed by atoms with Crippen LogP contribution >= 0.6 is 23.3 Å². The molecular weight excluding hydrogens is 264 g/mol. The van der Waals surface area contributed by atoms with Gasteiger partial charge in [-0.25, -0.2) is 0 Å². The Kier molecular flexibility index (Phi) is 4.27. The first kappa shape index (κ1) is 12.3. The predicted octanol–water partition coefficient (Wildman–Crippen LogP) is 3.46. The number of anilines is 1. The lowest BCUT2D eigenvalue weighted by atomic mass is 10.3. The smallest absolute Gasteiger partial charge is 0.288 e. The van der Waals surface area contributed by atoms with Crippen LogP contribution in [0.2, 0.25) is 0 Å². The zero-order chi connectivity index (χ0) is 12.1. The summed E-state index contributed by atoms with van der Waals surface area (Å²) in [6, 6.07) is 6.97. The number of aromatic nitrogens is 2. The fourth-order valence-electron chi connectivity index (χ4n) is 1.26. The van der Waals surface area contributed by atoms with Gasteiger partial charge in [-0.3, -0.25) is 0 Å². The largest absolute Gasteiger partial charge is 0.378 e. The average Bonchev–Trinajstić information content (AvgIpc) is 2.80. The van der Waals surface area contributed by atoms with E-state index in [4.69, 9.17) is 0 Å². The minimum absolute atomic E-state index is 0.483. The van der Waals surface area contributed by atoms with Gasteiger partial charge in [-0.1, -0.05) is 28.4 Å². The molecule has 0 spiro atoms. The third-order valence-corrected chi connectivity index (χ3v) is 3.31. The predicted molar refractivity (Wildman–Crippen MR) is 65.5 cm³/mol. The van der Waals surface area contributed by atoms with Gasteiger partial charge in [0.05, 0.1) is 12.2 Å². The Bertz CT molecular complexity index is 462. The van der Waals surface area contributed by atoms with Gasteiger partial charge in [0.2, 0.25) is 0 Å². The molecule has 0 saturated heterocycles. The molecule has 0 aliphatic heterocycles. The molecule has 1 aromatic carbocycles. The Labute approximate surface area is 105 Å². The molecule has 0 bridgehead atoms. The molecule has 0 amide bonds. The molecule has 0 aliphatic rings. The molecule has 2 rings (SSSR count). The molecule has 1 heterocycles. The molecule has 7 heteroatoms. The van der Waals surface area contributed by atoms with Gasteiger partial charge in [0.1, 0.15) is 0 Å². The van der Waals surface area contributed by atoms with Crippen molar-refractivity contribution < 1.29 is 8.78 Å². The molecule has 3 nitrogen and oxygen atoms in total. The quantitative estimate of drug-likeness (QED) is 0.847. The Balaban J connectivity index is 2.04. The van der Waals surface area contributed by atoms with Gasteiger partial charge < -0.3 is 5.32 Å². The van der Waals surface area contributed by atoms with E-state index in [-0.39, 0.29) is 0 Å². The molecule has 0 fully saturated rings. The van der Waals surface area contributed by atoms with Crippen molar-refractivity contribution in [2.45, 2.75) is 17.2 Å². The van der Waals surface area contributed by atoms with E-state index in [1.165, 1.54) is 11.5 Å². The lowest BCUT2D eigenvalue weighted by molar-refractivity contribution is 0.252. The summed E-state index contributed by atoms with van der Waals surface area (Å²) in [5.74, 6) is -2.42. The Morgan fingerprint density at radius 1 is 1.35 bits per heavy atom. The average molecular weight is 273 g/mol. The fourth-order valence-corrected chi connectivity index (χ4v) is 2.33. The van der Waals surface area contributed by atoms with Crippen LogP contribution < -0.4 is 5.32 Å².